The molecule has 0 aliphatic heterocycles. The Bertz CT molecular complexity index is 607. The maximum absolute atomic E-state index is 5.68. The third-order valence-electron chi connectivity index (χ3n) is 4.51. The van der Waals surface area contributed by atoms with Gasteiger partial charge in [0.1, 0.15) is 7.11 Å². The minimum atomic E-state index is 0.154. The lowest BCUT2D eigenvalue weighted by Crippen LogP contribution is -2.18. The van der Waals surface area contributed by atoms with Crippen LogP contribution in [0.1, 0.15) is 47.9 Å². The normalized spacial score (nSPS) is 13.2. The van der Waals surface area contributed by atoms with Gasteiger partial charge < -0.3 is 16.3 Å². The minimum absolute atomic E-state index is 0.154. The predicted molar refractivity (Wildman–Crippen MR) is 99.9 cm³/mol. The highest BCUT2D eigenvalue weighted by Gasteiger charge is 2.22. The Kier molecular flexibility index (Phi) is 6.53. The van der Waals surface area contributed by atoms with Crippen molar-refractivity contribution in [2.45, 2.75) is 38.8 Å². The van der Waals surface area contributed by atoms with Crippen LogP contribution in [0, 0.1) is 0 Å². The predicted octanol–water partition coefficient (Wildman–Crippen LogP) is 3.51. The maximum Gasteiger partial charge on any atom is 0.106 e. The van der Waals surface area contributed by atoms with Crippen LogP contribution < -0.4 is 11.5 Å². The molecule has 0 aromatic heterocycles. The molecule has 2 aromatic carbocycles. The maximum atomic E-state index is 5.68. The zero-order valence-corrected chi connectivity index (χ0v) is 14.7. The summed E-state index contributed by atoms with van der Waals surface area (Å²) >= 11 is 0. The van der Waals surface area contributed by atoms with E-state index in [-0.39, 0.29) is 11.8 Å². The Morgan fingerprint density at radius 1 is 0.833 bits per heavy atom. The van der Waals surface area contributed by atoms with Gasteiger partial charge in [-0.3, -0.25) is 0 Å². The Balaban J connectivity index is 2.27. The van der Waals surface area contributed by atoms with Gasteiger partial charge in [-0.25, -0.2) is 0 Å². The molecule has 128 valence electrons. The Morgan fingerprint density at radius 3 is 1.50 bits per heavy atom. The lowest BCUT2D eigenvalue weighted by molar-refractivity contribution is 0.210. The fourth-order valence-electron chi connectivity index (χ4n) is 2.86. The highest BCUT2D eigenvalue weighted by molar-refractivity contribution is 5.95. The van der Waals surface area contributed by atoms with Crippen LogP contribution in [0.15, 0.2) is 53.7 Å². The van der Waals surface area contributed by atoms with Gasteiger partial charge in [0, 0.05) is 24.9 Å². The van der Waals surface area contributed by atoms with Crippen molar-refractivity contribution in [2.75, 3.05) is 7.11 Å². The second-order valence-corrected chi connectivity index (χ2v) is 6.03. The molecule has 2 aromatic rings. The molecule has 0 saturated heterocycles. The lowest BCUT2D eigenvalue weighted by Gasteiger charge is -2.21. The molecule has 0 amide bonds. The van der Waals surface area contributed by atoms with Crippen molar-refractivity contribution in [3.05, 3.63) is 70.8 Å². The van der Waals surface area contributed by atoms with Crippen LogP contribution in [-0.4, -0.2) is 12.8 Å². The van der Waals surface area contributed by atoms with E-state index in [4.69, 9.17) is 16.3 Å². The molecule has 0 spiro atoms. The van der Waals surface area contributed by atoms with Crippen LogP contribution in [0.3, 0.4) is 0 Å². The molecule has 2 atom stereocenters. The van der Waals surface area contributed by atoms with E-state index >= 15 is 0 Å². The summed E-state index contributed by atoms with van der Waals surface area (Å²) in [6.45, 7) is 5.41. The number of rotatable bonds is 7. The van der Waals surface area contributed by atoms with Gasteiger partial charge in [0.15, 0.2) is 0 Å². The second-order valence-electron chi connectivity index (χ2n) is 6.03. The molecule has 24 heavy (non-hydrogen) atoms. The summed E-state index contributed by atoms with van der Waals surface area (Å²) in [6.07, 6.45) is 0. The molecule has 2 unspecified atom stereocenters. The fraction of sp³-hybridized carbons (Fsp3) is 0.350. The lowest BCUT2D eigenvalue weighted by atomic mass is 9.84. The molecule has 0 saturated carbocycles. The molecule has 4 nitrogen and oxygen atoms in total. The van der Waals surface area contributed by atoms with Gasteiger partial charge in [0.25, 0.3) is 0 Å². The second kappa shape index (κ2) is 8.62. The average Bonchev–Trinajstić information content (AvgIpc) is 2.65. The zero-order chi connectivity index (χ0) is 17.5. The number of nitrogens with zero attached hydrogens (tertiary/aromatic N) is 1. The first-order valence-corrected chi connectivity index (χ1v) is 8.29. The van der Waals surface area contributed by atoms with Gasteiger partial charge >= 0.3 is 0 Å². The third-order valence-corrected chi connectivity index (χ3v) is 4.51. The molecule has 0 heterocycles. The van der Waals surface area contributed by atoms with Gasteiger partial charge in [0.2, 0.25) is 0 Å². The molecule has 2 rings (SSSR count). The molecule has 4 N–H and O–H groups in total. The van der Waals surface area contributed by atoms with Crippen LogP contribution in [0.25, 0.3) is 0 Å². The third kappa shape index (κ3) is 4.22. The van der Waals surface area contributed by atoms with E-state index in [0.717, 1.165) is 16.8 Å². The summed E-state index contributed by atoms with van der Waals surface area (Å²) in [7, 11) is 1.59. The topological polar surface area (TPSA) is 73.6 Å². The van der Waals surface area contributed by atoms with Crippen molar-refractivity contribution < 1.29 is 4.84 Å². The molecule has 0 aliphatic carbocycles. The van der Waals surface area contributed by atoms with Crippen molar-refractivity contribution in [2.24, 2.45) is 16.6 Å². The van der Waals surface area contributed by atoms with Gasteiger partial charge in [-0.1, -0.05) is 67.5 Å². The molecule has 0 radical (unpaired) electrons. The SMILES string of the molecule is CON=C(C(C)c1ccc(CN)cc1)C(C)c1ccc(CN)cc1. The molecule has 4 heteroatoms. The minimum Gasteiger partial charge on any atom is -0.399 e. The summed E-state index contributed by atoms with van der Waals surface area (Å²) in [5, 5.41) is 4.33. The largest absolute Gasteiger partial charge is 0.399 e. The van der Waals surface area contributed by atoms with Crippen molar-refractivity contribution in [1.82, 2.24) is 0 Å². The first-order chi connectivity index (χ1) is 11.6. The summed E-state index contributed by atoms with van der Waals surface area (Å²) < 4.78 is 0. The van der Waals surface area contributed by atoms with Crippen molar-refractivity contribution in [1.29, 1.82) is 0 Å². The highest BCUT2D eigenvalue weighted by Crippen LogP contribution is 2.28. The number of hydrogen-bond acceptors (Lipinski definition) is 4. The van der Waals surface area contributed by atoms with E-state index < -0.39 is 0 Å². The van der Waals surface area contributed by atoms with E-state index in [1.807, 2.05) is 0 Å². The van der Waals surface area contributed by atoms with Gasteiger partial charge in [-0.2, -0.15) is 0 Å². The molecule has 0 aliphatic rings. The van der Waals surface area contributed by atoms with E-state index in [2.05, 4.69) is 67.5 Å². The van der Waals surface area contributed by atoms with E-state index in [1.165, 1.54) is 11.1 Å². The Morgan fingerprint density at radius 2 is 1.21 bits per heavy atom. The summed E-state index contributed by atoms with van der Waals surface area (Å²) in [5.41, 5.74) is 17.0. The first-order valence-electron chi connectivity index (χ1n) is 8.29. The van der Waals surface area contributed by atoms with Crippen LogP contribution >= 0.6 is 0 Å². The molecule has 0 bridgehead atoms. The summed E-state index contributed by atoms with van der Waals surface area (Å²) in [5.74, 6) is 0.307. The fourth-order valence-corrected chi connectivity index (χ4v) is 2.86. The quantitative estimate of drug-likeness (QED) is 0.604. The van der Waals surface area contributed by atoms with Crippen LogP contribution in [0.5, 0.6) is 0 Å². The average molecular weight is 325 g/mol. The van der Waals surface area contributed by atoms with E-state index in [9.17, 15) is 0 Å². The number of hydrogen-bond donors (Lipinski definition) is 2. The standard InChI is InChI=1S/C20H27N3O/c1-14(18-8-4-16(12-21)5-9-18)20(23-24-3)15(2)19-10-6-17(13-22)7-11-19/h4-11,14-15H,12-13,21-22H2,1-3H3. The van der Waals surface area contributed by atoms with Gasteiger partial charge in [0.05, 0.1) is 5.71 Å². The number of oxime groups is 1. The highest BCUT2D eigenvalue weighted by atomic mass is 16.6. The van der Waals surface area contributed by atoms with E-state index in [0.29, 0.717) is 13.1 Å². The first kappa shape index (κ1) is 18.2. The van der Waals surface area contributed by atoms with Gasteiger partial charge in [-0.15, -0.1) is 0 Å². The van der Waals surface area contributed by atoms with Crippen LogP contribution in [-0.2, 0) is 17.9 Å². The zero-order valence-electron chi connectivity index (χ0n) is 14.7. The molecule has 0 fully saturated rings. The molecular formula is C20H27N3O. The Labute approximate surface area is 144 Å². The Hall–Kier alpha value is -2.17. The van der Waals surface area contributed by atoms with E-state index in [1.54, 1.807) is 7.11 Å². The van der Waals surface area contributed by atoms with Crippen molar-refractivity contribution in [3.63, 3.8) is 0 Å². The van der Waals surface area contributed by atoms with Crippen LogP contribution in [0.2, 0.25) is 0 Å². The van der Waals surface area contributed by atoms with Crippen LogP contribution in [0.4, 0.5) is 0 Å². The molecular weight excluding hydrogens is 298 g/mol. The number of nitrogens with two attached hydrogens (primary N) is 2. The van der Waals surface area contributed by atoms with Crippen molar-refractivity contribution >= 4 is 5.71 Å². The van der Waals surface area contributed by atoms with Crippen molar-refractivity contribution in [3.8, 4) is 0 Å². The van der Waals surface area contributed by atoms with Gasteiger partial charge in [-0.05, 0) is 22.3 Å². The number of benzene rings is 2. The smallest absolute Gasteiger partial charge is 0.106 e. The monoisotopic (exact) mass is 325 g/mol. The summed E-state index contributed by atoms with van der Waals surface area (Å²) in [4.78, 5) is 5.13. The summed E-state index contributed by atoms with van der Waals surface area (Å²) in [6, 6.07) is 16.7.